The molecule has 0 aliphatic heterocycles. The van der Waals surface area contributed by atoms with Crippen LogP contribution in [0.1, 0.15) is 18.5 Å². The molecule has 0 unspecified atom stereocenters. The van der Waals surface area contributed by atoms with Gasteiger partial charge < -0.3 is 9.67 Å². The van der Waals surface area contributed by atoms with Gasteiger partial charge in [-0.15, -0.1) is 0 Å². The van der Waals surface area contributed by atoms with E-state index in [2.05, 4.69) is 0 Å². The van der Waals surface area contributed by atoms with Crippen molar-refractivity contribution in [3.63, 3.8) is 0 Å². The van der Waals surface area contributed by atoms with Gasteiger partial charge in [0.15, 0.2) is 0 Å². The lowest BCUT2D eigenvalue weighted by Crippen LogP contribution is -2.37. The van der Waals surface area contributed by atoms with Crippen LogP contribution in [0.3, 0.4) is 0 Å². The van der Waals surface area contributed by atoms with Gasteiger partial charge in [0.1, 0.15) is 0 Å². The second kappa shape index (κ2) is 3.35. The van der Waals surface area contributed by atoms with E-state index in [1.165, 1.54) is 0 Å². The number of hydrogen-bond donors (Lipinski definition) is 1. The van der Waals surface area contributed by atoms with Crippen molar-refractivity contribution in [3.05, 3.63) is 24.0 Å². The molecule has 1 fully saturated rings. The maximum atomic E-state index is 12.5. The zero-order valence-corrected chi connectivity index (χ0v) is 7.79. The normalized spacial score (nSPS) is 20.8. The predicted molar refractivity (Wildman–Crippen MR) is 48.0 cm³/mol. The highest BCUT2D eigenvalue weighted by Gasteiger charge is 2.45. The van der Waals surface area contributed by atoms with Gasteiger partial charge in [-0.05, 0) is 18.1 Å². The van der Waals surface area contributed by atoms with Crippen LogP contribution in [0.2, 0.25) is 0 Å². The fourth-order valence-corrected chi connectivity index (χ4v) is 1.96. The smallest absolute Gasteiger partial charge is 0.248 e. The SMILES string of the molecule is OCc1cccn1CC1CC(F)(F)C1. The molecule has 78 valence electrons. The third kappa shape index (κ3) is 1.80. The molecule has 1 saturated carbocycles. The van der Waals surface area contributed by atoms with Crippen LogP contribution in [0.25, 0.3) is 0 Å². The number of hydrogen-bond acceptors (Lipinski definition) is 1. The van der Waals surface area contributed by atoms with Gasteiger partial charge >= 0.3 is 0 Å². The van der Waals surface area contributed by atoms with E-state index in [4.69, 9.17) is 5.11 Å². The Morgan fingerprint density at radius 3 is 2.79 bits per heavy atom. The van der Waals surface area contributed by atoms with E-state index in [1.807, 2.05) is 16.8 Å². The van der Waals surface area contributed by atoms with Crippen molar-refractivity contribution >= 4 is 0 Å². The van der Waals surface area contributed by atoms with Crippen molar-refractivity contribution in [1.82, 2.24) is 4.57 Å². The fourth-order valence-electron chi connectivity index (χ4n) is 1.96. The van der Waals surface area contributed by atoms with E-state index in [-0.39, 0.29) is 25.4 Å². The molecule has 1 aliphatic rings. The molecule has 14 heavy (non-hydrogen) atoms. The number of aliphatic hydroxyl groups excluding tert-OH is 1. The van der Waals surface area contributed by atoms with Gasteiger partial charge in [0.05, 0.1) is 6.61 Å². The summed E-state index contributed by atoms with van der Waals surface area (Å²) >= 11 is 0. The summed E-state index contributed by atoms with van der Waals surface area (Å²) in [4.78, 5) is 0. The zero-order chi connectivity index (χ0) is 10.2. The summed E-state index contributed by atoms with van der Waals surface area (Å²) in [6.07, 6.45) is 1.79. The number of aromatic nitrogens is 1. The molecule has 2 rings (SSSR count). The molecule has 0 spiro atoms. The number of nitrogens with zero attached hydrogens (tertiary/aromatic N) is 1. The second-order valence-electron chi connectivity index (χ2n) is 3.94. The molecule has 0 radical (unpaired) electrons. The summed E-state index contributed by atoms with van der Waals surface area (Å²) in [6, 6.07) is 3.62. The van der Waals surface area contributed by atoms with Gasteiger partial charge in [-0.2, -0.15) is 0 Å². The molecule has 2 nitrogen and oxygen atoms in total. The Labute approximate surface area is 81.2 Å². The van der Waals surface area contributed by atoms with Gasteiger partial charge in [0, 0.05) is 31.3 Å². The van der Waals surface area contributed by atoms with Crippen LogP contribution in [-0.2, 0) is 13.2 Å². The van der Waals surface area contributed by atoms with Crippen LogP contribution in [0, 0.1) is 5.92 Å². The molecule has 1 heterocycles. The molecular weight excluding hydrogens is 188 g/mol. The Bertz CT molecular complexity index is 314. The number of alkyl halides is 2. The maximum absolute atomic E-state index is 12.5. The number of halogens is 2. The summed E-state index contributed by atoms with van der Waals surface area (Å²) in [5.74, 6) is -2.39. The van der Waals surface area contributed by atoms with Crippen LogP contribution >= 0.6 is 0 Å². The first-order valence-corrected chi connectivity index (χ1v) is 4.73. The Hall–Kier alpha value is -0.900. The first-order chi connectivity index (χ1) is 6.61. The van der Waals surface area contributed by atoms with E-state index < -0.39 is 5.92 Å². The lowest BCUT2D eigenvalue weighted by atomic mass is 9.81. The van der Waals surface area contributed by atoms with Gasteiger partial charge in [0.2, 0.25) is 5.92 Å². The quantitative estimate of drug-likeness (QED) is 0.795. The number of rotatable bonds is 3. The van der Waals surface area contributed by atoms with E-state index in [0.717, 1.165) is 5.69 Å². The summed E-state index contributed by atoms with van der Waals surface area (Å²) in [5, 5.41) is 8.94. The standard InChI is InChI=1S/C10H13F2NO/c11-10(12)4-8(5-10)6-13-3-1-2-9(13)7-14/h1-3,8,14H,4-7H2. The van der Waals surface area contributed by atoms with Crippen molar-refractivity contribution in [2.24, 2.45) is 5.92 Å². The van der Waals surface area contributed by atoms with Crippen LogP contribution in [-0.4, -0.2) is 15.6 Å². The predicted octanol–water partition coefficient (Wildman–Crippen LogP) is 2.03. The molecule has 0 amide bonds. The average Bonchev–Trinajstić information content (AvgIpc) is 2.48. The van der Waals surface area contributed by atoms with Crippen molar-refractivity contribution in [1.29, 1.82) is 0 Å². The summed E-state index contributed by atoms with van der Waals surface area (Å²) < 4.78 is 26.9. The minimum atomic E-state index is -2.45. The molecule has 1 aromatic heterocycles. The molecule has 1 N–H and O–H groups in total. The van der Waals surface area contributed by atoms with Gasteiger partial charge in [-0.3, -0.25) is 0 Å². The molecule has 0 saturated heterocycles. The van der Waals surface area contributed by atoms with Crippen LogP contribution in [0.5, 0.6) is 0 Å². The monoisotopic (exact) mass is 201 g/mol. The lowest BCUT2D eigenvalue weighted by Gasteiger charge is -2.35. The highest BCUT2D eigenvalue weighted by Crippen LogP contribution is 2.43. The maximum Gasteiger partial charge on any atom is 0.248 e. The molecular formula is C10H13F2NO. The lowest BCUT2D eigenvalue weighted by molar-refractivity contribution is -0.114. The minimum Gasteiger partial charge on any atom is -0.390 e. The number of aliphatic hydroxyl groups is 1. The summed E-state index contributed by atoms with van der Waals surface area (Å²) in [5.41, 5.74) is 0.792. The molecule has 4 heteroatoms. The molecule has 1 aromatic rings. The molecule has 0 aromatic carbocycles. The van der Waals surface area contributed by atoms with Crippen molar-refractivity contribution in [2.45, 2.75) is 31.9 Å². The van der Waals surface area contributed by atoms with E-state index in [9.17, 15) is 8.78 Å². The van der Waals surface area contributed by atoms with E-state index >= 15 is 0 Å². The van der Waals surface area contributed by atoms with Gasteiger partial charge in [-0.25, -0.2) is 8.78 Å². The first kappa shape index (κ1) is 9.65. The van der Waals surface area contributed by atoms with Crippen molar-refractivity contribution < 1.29 is 13.9 Å². The van der Waals surface area contributed by atoms with Gasteiger partial charge in [-0.1, -0.05) is 0 Å². The third-order valence-electron chi connectivity index (χ3n) is 2.72. The van der Waals surface area contributed by atoms with E-state index in [0.29, 0.717) is 6.54 Å². The van der Waals surface area contributed by atoms with Crippen LogP contribution in [0.15, 0.2) is 18.3 Å². The summed E-state index contributed by atoms with van der Waals surface area (Å²) in [7, 11) is 0. The molecule has 1 aliphatic carbocycles. The Kier molecular flexibility index (Phi) is 2.31. The fraction of sp³-hybridized carbons (Fsp3) is 0.600. The largest absolute Gasteiger partial charge is 0.390 e. The molecule has 0 atom stereocenters. The Morgan fingerprint density at radius 1 is 1.50 bits per heavy atom. The van der Waals surface area contributed by atoms with E-state index in [1.54, 1.807) is 6.07 Å². The zero-order valence-electron chi connectivity index (χ0n) is 7.79. The Balaban J connectivity index is 1.93. The highest BCUT2D eigenvalue weighted by molar-refractivity contribution is 5.06. The molecule has 0 bridgehead atoms. The van der Waals surface area contributed by atoms with Crippen molar-refractivity contribution in [3.8, 4) is 0 Å². The average molecular weight is 201 g/mol. The highest BCUT2D eigenvalue weighted by atomic mass is 19.3. The third-order valence-corrected chi connectivity index (χ3v) is 2.72. The summed E-state index contributed by atoms with van der Waals surface area (Å²) in [6.45, 7) is 0.564. The Morgan fingerprint density at radius 2 is 2.21 bits per heavy atom. The van der Waals surface area contributed by atoms with Crippen molar-refractivity contribution in [2.75, 3.05) is 0 Å². The topological polar surface area (TPSA) is 25.2 Å². The first-order valence-electron chi connectivity index (χ1n) is 4.73. The van der Waals surface area contributed by atoms with Gasteiger partial charge in [0.25, 0.3) is 0 Å². The van der Waals surface area contributed by atoms with Crippen LogP contribution in [0.4, 0.5) is 8.78 Å². The second-order valence-corrected chi connectivity index (χ2v) is 3.94. The van der Waals surface area contributed by atoms with Crippen LogP contribution < -0.4 is 0 Å². The minimum absolute atomic E-state index is 0.0178.